The van der Waals surface area contributed by atoms with Crippen molar-refractivity contribution >= 4 is 29.1 Å². The van der Waals surface area contributed by atoms with Crippen LogP contribution in [-0.4, -0.2) is 38.2 Å². The molecule has 0 radical (unpaired) electrons. The van der Waals surface area contributed by atoms with E-state index in [9.17, 15) is 14.4 Å². The SMILES string of the molecule is Cn1cc(-c2ccc3c(c2)CN(C2CCC(=O)NC2=O)C3=O)nc1-c1cccs1. The van der Waals surface area contributed by atoms with Gasteiger partial charge in [-0.1, -0.05) is 12.1 Å². The fourth-order valence-corrected chi connectivity index (χ4v) is 4.73. The molecule has 5 rings (SSSR count). The summed E-state index contributed by atoms with van der Waals surface area (Å²) in [6, 6.07) is 9.11. The molecule has 1 unspecified atom stereocenters. The summed E-state index contributed by atoms with van der Waals surface area (Å²) in [5, 5.41) is 4.35. The molecule has 1 N–H and O–H groups in total. The molecular formula is C21H18N4O3S. The van der Waals surface area contributed by atoms with Crippen molar-refractivity contribution < 1.29 is 14.4 Å². The number of carbonyl (C=O) groups excluding carboxylic acids is 3. The van der Waals surface area contributed by atoms with Crippen LogP contribution in [0.3, 0.4) is 0 Å². The van der Waals surface area contributed by atoms with Crippen LogP contribution >= 0.6 is 11.3 Å². The topological polar surface area (TPSA) is 84.3 Å². The van der Waals surface area contributed by atoms with Crippen LogP contribution < -0.4 is 5.32 Å². The number of nitrogens with one attached hydrogen (secondary N) is 1. The molecular weight excluding hydrogens is 388 g/mol. The molecule has 0 saturated carbocycles. The second kappa shape index (κ2) is 6.66. The molecule has 0 aliphatic carbocycles. The van der Waals surface area contributed by atoms with Gasteiger partial charge >= 0.3 is 0 Å². The molecule has 3 amide bonds. The summed E-state index contributed by atoms with van der Waals surface area (Å²) < 4.78 is 2.00. The van der Waals surface area contributed by atoms with E-state index in [1.165, 1.54) is 0 Å². The predicted octanol–water partition coefficient (Wildman–Crippen LogP) is 2.58. The van der Waals surface area contributed by atoms with Crippen molar-refractivity contribution in [3.63, 3.8) is 0 Å². The van der Waals surface area contributed by atoms with Gasteiger partial charge in [0.25, 0.3) is 5.91 Å². The summed E-state index contributed by atoms with van der Waals surface area (Å²) in [7, 11) is 1.97. The summed E-state index contributed by atoms with van der Waals surface area (Å²) in [4.78, 5) is 43.9. The maximum Gasteiger partial charge on any atom is 0.255 e. The molecule has 2 aromatic heterocycles. The van der Waals surface area contributed by atoms with Crippen LogP contribution in [0.4, 0.5) is 0 Å². The highest BCUT2D eigenvalue weighted by Gasteiger charge is 2.39. The van der Waals surface area contributed by atoms with Gasteiger partial charge in [0.15, 0.2) is 5.82 Å². The van der Waals surface area contributed by atoms with E-state index in [2.05, 4.69) is 5.32 Å². The normalized spacial score (nSPS) is 18.9. The highest BCUT2D eigenvalue weighted by Crippen LogP contribution is 2.32. The van der Waals surface area contributed by atoms with Crippen molar-refractivity contribution in [2.75, 3.05) is 0 Å². The number of rotatable bonds is 3. The fraction of sp³-hybridized carbons (Fsp3) is 0.238. The zero-order valence-electron chi connectivity index (χ0n) is 15.7. The van der Waals surface area contributed by atoms with Gasteiger partial charge in [0.05, 0.1) is 10.6 Å². The molecule has 2 aliphatic heterocycles. The highest BCUT2D eigenvalue weighted by atomic mass is 32.1. The number of amides is 3. The van der Waals surface area contributed by atoms with Gasteiger partial charge in [-0.05, 0) is 35.6 Å². The van der Waals surface area contributed by atoms with Crippen molar-refractivity contribution in [1.82, 2.24) is 19.8 Å². The number of aryl methyl sites for hydroxylation is 1. The van der Waals surface area contributed by atoms with E-state index in [0.717, 1.165) is 27.5 Å². The Labute approximate surface area is 171 Å². The summed E-state index contributed by atoms with van der Waals surface area (Å²) in [5.41, 5.74) is 3.25. The van der Waals surface area contributed by atoms with Crippen molar-refractivity contribution in [1.29, 1.82) is 0 Å². The number of piperidine rings is 1. The molecule has 3 aromatic rings. The lowest BCUT2D eigenvalue weighted by atomic mass is 10.0. The number of hydrogen-bond donors (Lipinski definition) is 1. The molecule has 146 valence electrons. The van der Waals surface area contributed by atoms with E-state index in [1.807, 2.05) is 47.5 Å². The number of fused-ring (bicyclic) bond motifs is 1. The van der Waals surface area contributed by atoms with Crippen molar-refractivity contribution in [3.05, 3.63) is 53.0 Å². The average molecular weight is 406 g/mol. The first-order chi connectivity index (χ1) is 14.0. The largest absolute Gasteiger partial charge is 0.333 e. The molecule has 4 heterocycles. The maximum absolute atomic E-state index is 12.8. The number of imidazole rings is 1. The third-order valence-corrected chi connectivity index (χ3v) is 6.30. The van der Waals surface area contributed by atoms with Crippen LogP contribution in [0.1, 0.15) is 28.8 Å². The lowest BCUT2D eigenvalue weighted by Gasteiger charge is -2.29. The Morgan fingerprint density at radius 3 is 2.83 bits per heavy atom. The van der Waals surface area contributed by atoms with E-state index in [-0.39, 0.29) is 18.2 Å². The average Bonchev–Trinajstić information content (AvgIpc) is 3.41. The van der Waals surface area contributed by atoms with Gasteiger partial charge in [-0.15, -0.1) is 11.3 Å². The molecule has 1 aromatic carbocycles. The van der Waals surface area contributed by atoms with Gasteiger partial charge in [0.2, 0.25) is 11.8 Å². The van der Waals surface area contributed by atoms with Gasteiger partial charge in [-0.2, -0.15) is 0 Å². The van der Waals surface area contributed by atoms with Crippen LogP contribution in [0, 0.1) is 0 Å². The van der Waals surface area contributed by atoms with E-state index in [4.69, 9.17) is 4.98 Å². The molecule has 1 saturated heterocycles. The number of carbonyl (C=O) groups is 3. The van der Waals surface area contributed by atoms with Gasteiger partial charge < -0.3 is 9.47 Å². The van der Waals surface area contributed by atoms with Crippen LogP contribution in [0.5, 0.6) is 0 Å². The Morgan fingerprint density at radius 1 is 1.21 bits per heavy atom. The van der Waals surface area contributed by atoms with Gasteiger partial charge in [0, 0.05) is 37.3 Å². The minimum atomic E-state index is -0.601. The second-order valence-corrected chi connectivity index (χ2v) is 8.26. The van der Waals surface area contributed by atoms with Crippen LogP contribution in [0.15, 0.2) is 41.9 Å². The fourth-order valence-electron chi connectivity index (χ4n) is 3.97. The Morgan fingerprint density at radius 2 is 2.07 bits per heavy atom. The van der Waals surface area contributed by atoms with E-state index in [0.29, 0.717) is 18.5 Å². The van der Waals surface area contributed by atoms with Crippen LogP contribution in [0.25, 0.3) is 22.0 Å². The van der Waals surface area contributed by atoms with Crippen molar-refractivity contribution in [3.8, 4) is 22.0 Å². The summed E-state index contributed by atoms with van der Waals surface area (Å²) in [6.07, 6.45) is 2.59. The summed E-state index contributed by atoms with van der Waals surface area (Å²) in [6.45, 7) is 0.360. The first kappa shape index (κ1) is 17.8. The second-order valence-electron chi connectivity index (χ2n) is 7.31. The number of benzene rings is 1. The zero-order chi connectivity index (χ0) is 20.1. The molecule has 2 aliphatic rings. The molecule has 1 fully saturated rings. The molecule has 8 heteroatoms. The van der Waals surface area contributed by atoms with Crippen molar-refractivity contribution in [2.45, 2.75) is 25.4 Å². The standard InChI is InChI=1S/C21H18N4O3S/c1-24-11-15(22-19(24)17-3-2-8-29-17)12-4-5-14-13(9-12)10-25(21(14)28)16-6-7-18(26)23-20(16)27/h2-5,8-9,11,16H,6-7,10H2,1H3,(H,23,26,27). The first-order valence-corrected chi connectivity index (χ1v) is 10.2. The number of nitrogens with zero attached hydrogens (tertiary/aromatic N) is 3. The molecule has 29 heavy (non-hydrogen) atoms. The minimum Gasteiger partial charge on any atom is -0.333 e. The number of hydrogen-bond acceptors (Lipinski definition) is 5. The zero-order valence-corrected chi connectivity index (χ0v) is 16.5. The minimum absolute atomic E-state index is 0.165. The summed E-state index contributed by atoms with van der Waals surface area (Å²) >= 11 is 1.64. The van der Waals surface area contributed by atoms with Gasteiger partial charge in [-0.25, -0.2) is 4.98 Å². The van der Waals surface area contributed by atoms with E-state index in [1.54, 1.807) is 22.3 Å². The summed E-state index contributed by atoms with van der Waals surface area (Å²) in [5.74, 6) is 0.0560. The number of thiophene rings is 1. The van der Waals surface area contributed by atoms with Crippen LogP contribution in [-0.2, 0) is 23.2 Å². The Kier molecular flexibility index (Phi) is 4.09. The third-order valence-electron chi connectivity index (χ3n) is 5.44. The number of imide groups is 1. The Balaban J connectivity index is 1.44. The van der Waals surface area contributed by atoms with E-state index < -0.39 is 11.9 Å². The first-order valence-electron chi connectivity index (χ1n) is 9.36. The van der Waals surface area contributed by atoms with Crippen LogP contribution in [0.2, 0.25) is 0 Å². The van der Waals surface area contributed by atoms with Gasteiger partial charge in [-0.3, -0.25) is 19.7 Å². The lowest BCUT2D eigenvalue weighted by Crippen LogP contribution is -2.52. The van der Waals surface area contributed by atoms with E-state index >= 15 is 0 Å². The predicted molar refractivity (Wildman–Crippen MR) is 108 cm³/mol. The third kappa shape index (κ3) is 2.96. The lowest BCUT2D eigenvalue weighted by molar-refractivity contribution is -0.136. The maximum atomic E-state index is 12.8. The molecule has 1 atom stereocenters. The molecule has 0 bridgehead atoms. The number of aromatic nitrogens is 2. The highest BCUT2D eigenvalue weighted by molar-refractivity contribution is 7.13. The monoisotopic (exact) mass is 406 g/mol. The molecule has 7 nitrogen and oxygen atoms in total. The Bertz CT molecular complexity index is 1150. The molecule has 0 spiro atoms. The van der Waals surface area contributed by atoms with Gasteiger partial charge in [0.1, 0.15) is 6.04 Å². The van der Waals surface area contributed by atoms with Crippen molar-refractivity contribution in [2.24, 2.45) is 7.05 Å². The Hall–Kier alpha value is -3.26. The quantitative estimate of drug-likeness (QED) is 0.678. The smallest absolute Gasteiger partial charge is 0.255 e.